The van der Waals surface area contributed by atoms with Gasteiger partial charge < -0.3 is 14.7 Å². The molecule has 0 aliphatic carbocycles. The van der Waals surface area contributed by atoms with Crippen LogP contribution in [0.3, 0.4) is 0 Å². The van der Waals surface area contributed by atoms with Crippen LogP contribution in [0.5, 0.6) is 0 Å². The number of amidine groups is 1. The first-order valence-electron chi connectivity index (χ1n) is 9.39. The fourth-order valence-corrected chi connectivity index (χ4v) is 5.17. The fourth-order valence-electron chi connectivity index (χ4n) is 4.36. The Balaban J connectivity index is 1.47. The van der Waals surface area contributed by atoms with Gasteiger partial charge in [-0.3, -0.25) is 9.79 Å². The Morgan fingerprint density at radius 2 is 2.00 bits per heavy atom. The number of amides is 1. The summed E-state index contributed by atoms with van der Waals surface area (Å²) in [5.74, 6) is 1.14. The topological polar surface area (TPSA) is 52.0 Å². The smallest absolute Gasteiger partial charge is 0.274 e. The summed E-state index contributed by atoms with van der Waals surface area (Å²) < 4.78 is 5.62. The number of aliphatic imine (C=N–C) groups is 1. The number of carbonyl (C=O) groups is 1. The maximum atomic E-state index is 13.2. The van der Waals surface area contributed by atoms with Crippen LogP contribution in [0.1, 0.15) is 28.9 Å². The monoisotopic (exact) mass is 369 g/mol. The van der Waals surface area contributed by atoms with Gasteiger partial charge in [0.25, 0.3) is 5.91 Å². The van der Waals surface area contributed by atoms with E-state index in [2.05, 4.69) is 49.3 Å². The molecule has 0 spiro atoms. The molecule has 5 heterocycles. The number of nitrogens with zero attached hydrogens (tertiary/aromatic N) is 5. The highest BCUT2D eigenvalue weighted by Crippen LogP contribution is 2.29. The summed E-state index contributed by atoms with van der Waals surface area (Å²) in [5.41, 5.74) is 1.74. The number of fused-ring (bicyclic) bond motifs is 5. The highest BCUT2D eigenvalue weighted by Gasteiger charge is 2.33. The van der Waals surface area contributed by atoms with Crippen molar-refractivity contribution in [2.45, 2.75) is 18.9 Å². The highest BCUT2D eigenvalue weighted by molar-refractivity contribution is 7.13. The Morgan fingerprint density at radius 1 is 1.15 bits per heavy atom. The Morgan fingerprint density at radius 3 is 2.77 bits per heavy atom. The third-order valence-corrected chi connectivity index (χ3v) is 6.72. The predicted molar refractivity (Wildman–Crippen MR) is 104 cm³/mol. The summed E-state index contributed by atoms with van der Waals surface area (Å²) in [7, 11) is 2.07. The maximum absolute atomic E-state index is 13.2. The van der Waals surface area contributed by atoms with Gasteiger partial charge in [0.2, 0.25) is 0 Å². The zero-order valence-electron chi connectivity index (χ0n) is 15.0. The van der Waals surface area contributed by atoms with E-state index in [-0.39, 0.29) is 5.91 Å². The van der Waals surface area contributed by atoms with Gasteiger partial charge in [-0.05, 0) is 30.4 Å². The summed E-state index contributed by atoms with van der Waals surface area (Å²) in [6.45, 7) is 5.86. The van der Waals surface area contributed by atoms with E-state index in [9.17, 15) is 4.79 Å². The van der Waals surface area contributed by atoms with Crippen LogP contribution in [-0.2, 0) is 0 Å². The summed E-state index contributed by atoms with van der Waals surface area (Å²) >= 11 is 1.42. The van der Waals surface area contributed by atoms with Crippen molar-refractivity contribution in [2.24, 2.45) is 4.99 Å². The van der Waals surface area contributed by atoms with E-state index in [1.807, 2.05) is 0 Å². The molecular formula is C19H23N5OS. The minimum Gasteiger partial charge on any atom is -0.358 e. The van der Waals surface area contributed by atoms with Crippen LogP contribution in [0, 0.1) is 0 Å². The molecule has 4 aliphatic rings. The molecule has 7 heteroatoms. The van der Waals surface area contributed by atoms with E-state index < -0.39 is 0 Å². The number of aromatic nitrogens is 1. The van der Waals surface area contributed by atoms with Crippen LogP contribution in [-0.4, -0.2) is 83.2 Å². The average molecular weight is 369 g/mol. The molecule has 1 aromatic heterocycles. The molecule has 3 fully saturated rings. The second-order valence-corrected chi connectivity index (χ2v) is 8.25. The number of hydrogen-bond acceptors (Lipinski definition) is 6. The second-order valence-electron chi connectivity index (χ2n) is 7.44. The minimum absolute atomic E-state index is 0.105. The lowest BCUT2D eigenvalue weighted by Crippen LogP contribution is -2.41. The third kappa shape index (κ3) is 2.61. The molecule has 0 atom stereocenters. The van der Waals surface area contributed by atoms with Crippen molar-refractivity contribution < 1.29 is 4.79 Å². The van der Waals surface area contributed by atoms with Gasteiger partial charge >= 0.3 is 0 Å². The van der Waals surface area contributed by atoms with Crippen molar-refractivity contribution in [3.63, 3.8) is 0 Å². The second kappa shape index (κ2) is 6.32. The van der Waals surface area contributed by atoms with Gasteiger partial charge in [0, 0.05) is 56.8 Å². The molecular weight excluding hydrogens is 346 g/mol. The van der Waals surface area contributed by atoms with Gasteiger partial charge in [0.1, 0.15) is 11.5 Å². The molecule has 4 aliphatic heterocycles. The first kappa shape index (κ1) is 16.2. The largest absolute Gasteiger partial charge is 0.358 e. The molecule has 2 bridgehead atoms. The molecule has 0 saturated carbocycles. The Labute approximate surface area is 157 Å². The molecule has 26 heavy (non-hydrogen) atoms. The maximum Gasteiger partial charge on any atom is 0.274 e. The molecule has 2 aromatic rings. The van der Waals surface area contributed by atoms with Gasteiger partial charge in [-0.1, -0.05) is 12.1 Å². The van der Waals surface area contributed by atoms with E-state index in [1.54, 1.807) is 0 Å². The lowest BCUT2D eigenvalue weighted by molar-refractivity contribution is 0.0682. The van der Waals surface area contributed by atoms with Gasteiger partial charge in [-0.2, -0.15) is 4.37 Å². The summed E-state index contributed by atoms with van der Waals surface area (Å²) in [4.78, 5) is 24.5. The highest BCUT2D eigenvalue weighted by atomic mass is 32.1. The molecule has 0 unspecified atom stereocenters. The van der Waals surface area contributed by atoms with Crippen LogP contribution >= 0.6 is 11.5 Å². The average Bonchev–Trinajstić information content (AvgIpc) is 3.16. The van der Waals surface area contributed by atoms with E-state index in [0.717, 1.165) is 73.6 Å². The van der Waals surface area contributed by atoms with E-state index in [1.165, 1.54) is 11.5 Å². The third-order valence-electron chi connectivity index (χ3n) is 5.91. The number of benzene rings is 1. The van der Waals surface area contributed by atoms with E-state index >= 15 is 0 Å². The van der Waals surface area contributed by atoms with E-state index in [4.69, 9.17) is 0 Å². The van der Waals surface area contributed by atoms with Crippen molar-refractivity contribution in [3.05, 3.63) is 29.5 Å². The van der Waals surface area contributed by atoms with Crippen molar-refractivity contribution in [1.29, 1.82) is 0 Å². The lowest BCUT2D eigenvalue weighted by Gasteiger charge is -2.31. The summed E-state index contributed by atoms with van der Waals surface area (Å²) in [6, 6.07) is 6.63. The van der Waals surface area contributed by atoms with Crippen LogP contribution < -0.4 is 0 Å². The Bertz CT molecular complexity index is 883. The van der Waals surface area contributed by atoms with Gasteiger partial charge in [-0.15, -0.1) is 0 Å². The molecule has 0 N–H and O–H groups in total. The van der Waals surface area contributed by atoms with Gasteiger partial charge in [0.05, 0.1) is 11.2 Å². The first-order chi connectivity index (χ1) is 12.7. The standard InChI is InChI=1S/C19H23N5OS/c1-22-9-6-20-18(22)13-2-3-15-16(12-13)26-21-17(15)19(25)24-11-10-23-7-4-14(24)5-8-23/h2-3,12,14H,4-11H2,1H3. The van der Waals surface area contributed by atoms with Gasteiger partial charge in [0.15, 0.2) is 0 Å². The zero-order valence-corrected chi connectivity index (χ0v) is 15.8. The van der Waals surface area contributed by atoms with Crippen LogP contribution in [0.2, 0.25) is 0 Å². The van der Waals surface area contributed by atoms with Crippen molar-refractivity contribution in [1.82, 2.24) is 19.1 Å². The number of likely N-dealkylation sites (N-methyl/N-ethyl adjacent to an activating group) is 1. The lowest BCUT2D eigenvalue weighted by atomic mass is 10.0. The Hall–Kier alpha value is -1.99. The molecule has 1 amide bonds. The SMILES string of the molecule is CN1CCN=C1c1ccc2c(C(=O)N3CCN4CCC3CC4)nsc2c1. The molecule has 6 rings (SSSR count). The molecule has 136 valence electrons. The van der Waals surface area contributed by atoms with Crippen molar-refractivity contribution in [3.8, 4) is 0 Å². The molecule has 3 saturated heterocycles. The van der Waals surface area contributed by atoms with Crippen LogP contribution in [0.25, 0.3) is 10.1 Å². The fraction of sp³-hybridized carbons (Fsp3) is 0.526. The van der Waals surface area contributed by atoms with E-state index in [0.29, 0.717) is 11.7 Å². The number of rotatable bonds is 2. The summed E-state index contributed by atoms with van der Waals surface area (Å²) in [5, 5.41) is 0.976. The summed E-state index contributed by atoms with van der Waals surface area (Å²) in [6.07, 6.45) is 2.17. The molecule has 0 radical (unpaired) electrons. The van der Waals surface area contributed by atoms with Crippen molar-refractivity contribution >= 4 is 33.4 Å². The predicted octanol–water partition coefficient (Wildman–Crippen LogP) is 1.91. The normalized spacial score (nSPS) is 25.7. The molecule has 6 nitrogen and oxygen atoms in total. The zero-order chi connectivity index (χ0) is 17.7. The van der Waals surface area contributed by atoms with Gasteiger partial charge in [-0.25, -0.2) is 0 Å². The number of hydrogen-bond donors (Lipinski definition) is 0. The van der Waals surface area contributed by atoms with Crippen molar-refractivity contribution in [2.75, 3.05) is 46.3 Å². The number of piperidine rings is 1. The quantitative estimate of drug-likeness (QED) is 0.811. The molecule has 1 aromatic carbocycles. The Kier molecular flexibility index (Phi) is 3.94. The minimum atomic E-state index is 0.105. The first-order valence-corrected chi connectivity index (χ1v) is 10.2. The van der Waals surface area contributed by atoms with Crippen LogP contribution in [0.4, 0.5) is 0 Å². The number of carbonyl (C=O) groups excluding carboxylic acids is 1. The van der Waals surface area contributed by atoms with Crippen LogP contribution in [0.15, 0.2) is 23.2 Å².